The van der Waals surface area contributed by atoms with Crippen molar-refractivity contribution in [1.29, 1.82) is 0 Å². The molecule has 5 heteroatoms. The molecule has 100 valence electrons. The van der Waals surface area contributed by atoms with Gasteiger partial charge < -0.3 is 0 Å². The quantitative estimate of drug-likeness (QED) is 0.771. The SMILES string of the molecule is CC[C@@H](C)N1C(=O)S/C(=C/c2ccccc2Br)C1=O. The first-order chi connectivity index (χ1) is 9.04. The van der Waals surface area contributed by atoms with Crippen molar-refractivity contribution in [3.8, 4) is 0 Å². The van der Waals surface area contributed by atoms with Crippen LogP contribution < -0.4 is 0 Å². The third-order valence-electron chi connectivity index (χ3n) is 3.05. The molecule has 0 saturated carbocycles. The van der Waals surface area contributed by atoms with Crippen molar-refractivity contribution in [2.75, 3.05) is 0 Å². The van der Waals surface area contributed by atoms with Crippen LogP contribution in [0.3, 0.4) is 0 Å². The summed E-state index contributed by atoms with van der Waals surface area (Å²) in [7, 11) is 0. The fraction of sp³-hybridized carbons (Fsp3) is 0.286. The molecule has 1 atom stereocenters. The highest BCUT2D eigenvalue weighted by atomic mass is 79.9. The number of nitrogens with zero attached hydrogens (tertiary/aromatic N) is 1. The number of thioether (sulfide) groups is 1. The maximum absolute atomic E-state index is 12.2. The first kappa shape index (κ1) is 14.3. The van der Waals surface area contributed by atoms with Gasteiger partial charge in [0.2, 0.25) is 0 Å². The molecule has 0 bridgehead atoms. The van der Waals surface area contributed by atoms with E-state index in [0.29, 0.717) is 4.91 Å². The Morgan fingerprint density at radius 1 is 1.37 bits per heavy atom. The minimum Gasteiger partial charge on any atom is -0.268 e. The standard InChI is InChI=1S/C14H14BrNO2S/c1-3-9(2)16-13(17)12(19-14(16)18)8-10-6-4-5-7-11(10)15/h4-9H,3H2,1-2H3/b12-8+/t9-/m1/s1. The summed E-state index contributed by atoms with van der Waals surface area (Å²) in [6.07, 6.45) is 2.53. The van der Waals surface area contributed by atoms with E-state index in [4.69, 9.17) is 0 Å². The largest absolute Gasteiger partial charge is 0.293 e. The van der Waals surface area contributed by atoms with Gasteiger partial charge >= 0.3 is 0 Å². The van der Waals surface area contributed by atoms with Crippen LogP contribution in [0.25, 0.3) is 6.08 Å². The third-order valence-corrected chi connectivity index (χ3v) is 4.65. The maximum atomic E-state index is 12.2. The number of imide groups is 1. The minimum absolute atomic E-state index is 0.0578. The number of hydrogen-bond acceptors (Lipinski definition) is 3. The van der Waals surface area contributed by atoms with E-state index in [-0.39, 0.29) is 17.2 Å². The van der Waals surface area contributed by atoms with Crippen molar-refractivity contribution < 1.29 is 9.59 Å². The number of hydrogen-bond donors (Lipinski definition) is 0. The summed E-state index contributed by atoms with van der Waals surface area (Å²) in [5, 5.41) is -0.183. The van der Waals surface area contributed by atoms with Crippen LogP contribution in [0.4, 0.5) is 4.79 Å². The molecule has 0 N–H and O–H groups in total. The van der Waals surface area contributed by atoms with E-state index in [0.717, 1.165) is 28.2 Å². The summed E-state index contributed by atoms with van der Waals surface area (Å²) in [6.45, 7) is 3.85. The zero-order valence-electron chi connectivity index (χ0n) is 10.7. The van der Waals surface area contributed by atoms with Gasteiger partial charge in [-0.2, -0.15) is 0 Å². The molecule has 1 fully saturated rings. The summed E-state index contributed by atoms with van der Waals surface area (Å²) >= 11 is 4.44. The molecule has 0 radical (unpaired) electrons. The second-order valence-corrected chi connectivity index (χ2v) is 6.18. The van der Waals surface area contributed by atoms with Crippen molar-refractivity contribution in [3.63, 3.8) is 0 Å². The number of carbonyl (C=O) groups excluding carboxylic acids is 2. The Labute approximate surface area is 125 Å². The first-order valence-electron chi connectivity index (χ1n) is 6.06. The number of benzene rings is 1. The van der Waals surface area contributed by atoms with Gasteiger partial charge in [0.05, 0.1) is 4.91 Å². The molecule has 2 rings (SSSR count). The molecular weight excluding hydrogens is 326 g/mol. The molecule has 2 amide bonds. The van der Waals surface area contributed by atoms with Gasteiger partial charge in [-0.15, -0.1) is 0 Å². The number of amides is 2. The average molecular weight is 340 g/mol. The van der Waals surface area contributed by atoms with Crippen molar-refractivity contribution in [2.24, 2.45) is 0 Å². The lowest BCUT2D eigenvalue weighted by Crippen LogP contribution is -2.36. The van der Waals surface area contributed by atoms with Crippen LogP contribution in [-0.2, 0) is 4.79 Å². The van der Waals surface area contributed by atoms with Crippen molar-refractivity contribution in [3.05, 3.63) is 39.2 Å². The molecule has 1 aliphatic heterocycles. The summed E-state index contributed by atoms with van der Waals surface area (Å²) < 4.78 is 0.908. The predicted octanol–water partition coefficient (Wildman–Crippen LogP) is 4.28. The number of halogens is 1. The summed E-state index contributed by atoms with van der Waals surface area (Å²) in [6, 6.07) is 7.56. The van der Waals surface area contributed by atoms with E-state index in [1.807, 2.05) is 38.1 Å². The van der Waals surface area contributed by atoms with Gasteiger partial charge in [-0.1, -0.05) is 41.1 Å². The van der Waals surface area contributed by atoms with Gasteiger partial charge in [-0.25, -0.2) is 0 Å². The zero-order valence-corrected chi connectivity index (χ0v) is 13.1. The van der Waals surface area contributed by atoms with Gasteiger partial charge in [-0.3, -0.25) is 14.5 Å². The molecule has 0 aliphatic carbocycles. The Bertz CT molecular complexity index is 556. The van der Waals surface area contributed by atoms with E-state index >= 15 is 0 Å². The van der Waals surface area contributed by atoms with Crippen LogP contribution in [0, 0.1) is 0 Å². The molecule has 0 aromatic heterocycles. The first-order valence-corrected chi connectivity index (χ1v) is 7.67. The molecule has 1 heterocycles. The minimum atomic E-state index is -0.194. The van der Waals surface area contributed by atoms with Crippen LogP contribution in [0.5, 0.6) is 0 Å². The Morgan fingerprint density at radius 2 is 2.05 bits per heavy atom. The lowest BCUT2D eigenvalue weighted by molar-refractivity contribution is -0.124. The van der Waals surface area contributed by atoms with E-state index in [9.17, 15) is 9.59 Å². The smallest absolute Gasteiger partial charge is 0.268 e. The van der Waals surface area contributed by atoms with E-state index < -0.39 is 0 Å². The monoisotopic (exact) mass is 339 g/mol. The topological polar surface area (TPSA) is 37.4 Å². The summed E-state index contributed by atoms with van der Waals surface area (Å²) in [4.78, 5) is 25.9. The molecule has 1 aliphatic rings. The Hall–Kier alpha value is -1.07. The lowest BCUT2D eigenvalue weighted by Gasteiger charge is -2.19. The molecule has 19 heavy (non-hydrogen) atoms. The van der Waals surface area contributed by atoms with Gasteiger partial charge in [0.15, 0.2) is 0 Å². The molecule has 1 aromatic rings. The van der Waals surface area contributed by atoms with Crippen LogP contribution in [-0.4, -0.2) is 22.1 Å². The fourth-order valence-electron chi connectivity index (χ4n) is 1.78. The average Bonchev–Trinajstić information content (AvgIpc) is 2.66. The lowest BCUT2D eigenvalue weighted by atomic mass is 10.2. The molecular formula is C14H14BrNO2S. The van der Waals surface area contributed by atoms with Crippen molar-refractivity contribution in [1.82, 2.24) is 4.90 Å². The second-order valence-electron chi connectivity index (χ2n) is 4.33. The molecule has 1 saturated heterocycles. The molecule has 0 unspecified atom stereocenters. The Morgan fingerprint density at radius 3 is 2.68 bits per heavy atom. The van der Waals surface area contributed by atoms with Crippen molar-refractivity contribution in [2.45, 2.75) is 26.3 Å². The fourth-order valence-corrected chi connectivity index (χ4v) is 3.10. The van der Waals surface area contributed by atoms with Crippen LogP contribution in [0.15, 0.2) is 33.6 Å². The summed E-state index contributed by atoms with van der Waals surface area (Å²) in [5.74, 6) is -0.194. The van der Waals surface area contributed by atoms with E-state index in [1.165, 1.54) is 4.90 Å². The van der Waals surface area contributed by atoms with E-state index in [1.54, 1.807) is 6.08 Å². The van der Waals surface area contributed by atoms with E-state index in [2.05, 4.69) is 15.9 Å². The number of carbonyl (C=O) groups is 2. The highest BCUT2D eigenvalue weighted by molar-refractivity contribution is 9.10. The summed E-state index contributed by atoms with van der Waals surface area (Å²) in [5.41, 5.74) is 0.900. The predicted molar refractivity (Wildman–Crippen MR) is 81.7 cm³/mol. The maximum Gasteiger partial charge on any atom is 0.293 e. The normalized spacial score (nSPS) is 19.3. The van der Waals surface area contributed by atoms with Crippen molar-refractivity contribution >= 4 is 44.9 Å². The second kappa shape index (κ2) is 5.92. The molecule has 1 aromatic carbocycles. The van der Waals surface area contributed by atoms with Gasteiger partial charge in [0.1, 0.15) is 0 Å². The zero-order chi connectivity index (χ0) is 14.0. The number of rotatable bonds is 3. The Balaban J connectivity index is 2.31. The van der Waals surface area contributed by atoms with Crippen LogP contribution >= 0.6 is 27.7 Å². The van der Waals surface area contributed by atoms with Gasteiger partial charge in [-0.05, 0) is 42.8 Å². The van der Waals surface area contributed by atoms with Crippen LogP contribution in [0.2, 0.25) is 0 Å². The molecule has 0 spiro atoms. The molecule has 3 nitrogen and oxygen atoms in total. The highest BCUT2D eigenvalue weighted by Gasteiger charge is 2.37. The van der Waals surface area contributed by atoms with Crippen LogP contribution in [0.1, 0.15) is 25.8 Å². The van der Waals surface area contributed by atoms with Gasteiger partial charge in [0, 0.05) is 10.5 Å². The Kier molecular flexibility index (Phi) is 4.47. The third kappa shape index (κ3) is 2.92. The highest BCUT2D eigenvalue weighted by Crippen LogP contribution is 2.35. The van der Waals surface area contributed by atoms with Gasteiger partial charge in [0.25, 0.3) is 11.1 Å².